The number of carbonyl (C=O) groups excluding carboxylic acids is 1. The fourth-order valence-electron chi connectivity index (χ4n) is 0.597. The van der Waals surface area contributed by atoms with E-state index in [0.29, 0.717) is 12.8 Å². The van der Waals surface area contributed by atoms with Gasteiger partial charge < -0.3 is 4.74 Å². The van der Waals surface area contributed by atoms with Crippen LogP contribution in [0.2, 0.25) is 0 Å². The minimum absolute atomic E-state index is 0.173. The molecular weight excluding hydrogens is 220 g/mol. The Balaban J connectivity index is 3.41. The molecular formula is C9H13BrO2. The first kappa shape index (κ1) is 11.5. The second-order valence-electron chi connectivity index (χ2n) is 2.17. The van der Waals surface area contributed by atoms with Crippen LogP contribution in [0.1, 0.15) is 19.3 Å². The van der Waals surface area contributed by atoms with Crippen molar-refractivity contribution in [3.8, 4) is 0 Å². The minimum atomic E-state index is -0.173. The van der Waals surface area contributed by atoms with Gasteiger partial charge in [-0.2, -0.15) is 0 Å². The highest BCUT2D eigenvalue weighted by Crippen LogP contribution is 1.93. The van der Waals surface area contributed by atoms with Crippen LogP contribution in [-0.2, 0) is 9.53 Å². The predicted octanol–water partition coefficient (Wildman–Crippen LogP) is 2.44. The summed E-state index contributed by atoms with van der Waals surface area (Å²) in [4.78, 5) is 10.6. The van der Waals surface area contributed by atoms with Crippen LogP contribution in [0.15, 0.2) is 17.9 Å². The van der Waals surface area contributed by atoms with Gasteiger partial charge in [-0.1, -0.05) is 15.9 Å². The van der Waals surface area contributed by atoms with E-state index in [9.17, 15) is 4.79 Å². The smallest absolute Gasteiger partial charge is 0.305 e. The molecule has 0 fully saturated rings. The molecule has 0 atom stereocenters. The van der Waals surface area contributed by atoms with Gasteiger partial charge in [-0.3, -0.25) is 4.79 Å². The summed E-state index contributed by atoms with van der Waals surface area (Å²) >= 11 is 3.29. The quantitative estimate of drug-likeness (QED) is 0.414. The van der Waals surface area contributed by atoms with Crippen molar-refractivity contribution in [3.05, 3.63) is 17.9 Å². The molecule has 0 saturated heterocycles. The van der Waals surface area contributed by atoms with E-state index in [4.69, 9.17) is 0 Å². The van der Waals surface area contributed by atoms with E-state index in [-0.39, 0.29) is 5.97 Å². The minimum Gasteiger partial charge on any atom is -0.469 e. The third kappa shape index (κ3) is 7.58. The number of allylic oxidation sites excluding steroid dienone is 1. The summed E-state index contributed by atoms with van der Waals surface area (Å²) in [5.41, 5.74) is 2.98. The van der Waals surface area contributed by atoms with E-state index in [1.54, 1.807) is 0 Å². The van der Waals surface area contributed by atoms with E-state index >= 15 is 0 Å². The molecule has 0 aliphatic rings. The largest absolute Gasteiger partial charge is 0.469 e. The SMILES string of the molecule is COC(=O)CCC=C=CCCBr. The molecule has 0 aliphatic heterocycles. The van der Waals surface area contributed by atoms with E-state index in [1.165, 1.54) is 7.11 Å². The van der Waals surface area contributed by atoms with Crippen LogP contribution in [0, 0.1) is 0 Å². The van der Waals surface area contributed by atoms with Crippen molar-refractivity contribution in [2.45, 2.75) is 19.3 Å². The molecule has 0 aliphatic carbocycles. The van der Waals surface area contributed by atoms with Gasteiger partial charge in [0.25, 0.3) is 0 Å². The highest BCUT2D eigenvalue weighted by atomic mass is 79.9. The Kier molecular flexibility index (Phi) is 8.19. The topological polar surface area (TPSA) is 26.3 Å². The molecule has 0 rings (SSSR count). The Bertz CT molecular complexity index is 181. The maximum atomic E-state index is 10.6. The maximum Gasteiger partial charge on any atom is 0.305 e. The first-order valence-corrected chi connectivity index (χ1v) is 4.95. The first-order valence-electron chi connectivity index (χ1n) is 3.83. The standard InChI is InChI=1S/C9H13BrO2/c1-12-9(11)7-5-3-2-4-6-8-10/h3-4H,5-8H2,1H3. The number of esters is 1. The van der Waals surface area contributed by atoms with Crippen molar-refractivity contribution >= 4 is 21.9 Å². The van der Waals surface area contributed by atoms with E-state index in [0.717, 1.165) is 11.8 Å². The summed E-state index contributed by atoms with van der Waals surface area (Å²) in [6.07, 6.45) is 5.89. The molecule has 0 aromatic carbocycles. The highest BCUT2D eigenvalue weighted by molar-refractivity contribution is 9.09. The lowest BCUT2D eigenvalue weighted by molar-refractivity contribution is -0.140. The van der Waals surface area contributed by atoms with Crippen molar-refractivity contribution in [3.63, 3.8) is 0 Å². The van der Waals surface area contributed by atoms with Gasteiger partial charge in [0.15, 0.2) is 0 Å². The van der Waals surface area contributed by atoms with Crippen LogP contribution in [-0.4, -0.2) is 18.4 Å². The summed E-state index contributed by atoms with van der Waals surface area (Å²) in [5, 5.41) is 0.949. The average molecular weight is 233 g/mol. The zero-order chi connectivity index (χ0) is 9.23. The molecule has 0 N–H and O–H groups in total. The van der Waals surface area contributed by atoms with Gasteiger partial charge in [-0.05, 0) is 25.0 Å². The molecule has 12 heavy (non-hydrogen) atoms. The number of rotatable bonds is 5. The van der Waals surface area contributed by atoms with Gasteiger partial charge >= 0.3 is 5.97 Å². The molecule has 0 amide bonds. The monoisotopic (exact) mass is 232 g/mol. The summed E-state index contributed by atoms with van der Waals surface area (Å²) in [5.74, 6) is -0.173. The van der Waals surface area contributed by atoms with Gasteiger partial charge in [-0.15, -0.1) is 5.73 Å². The van der Waals surface area contributed by atoms with Gasteiger partial charge in [0.1, 0.15) is 0 Å². The van der Waals surface area contributed by atoms with Crippen molar-refractivity contribution in [1.82, 2.24) is 0 Å². The van der Waals surface area contributed by atoms with Crippen LogP contribution >= 0.6 is 15.9 Å². The summed E-state index contributed by atoms with van der Waals surface area (Å²) in [6, 6.07) is 0. The molecule has 0 saturated carbocycles. The van der Waals surface area contributed by atoms with E-state index in [1.807, 2.05) is 12.2 Å². The molecule has 0 bridgehead atoms. The van der Waals surface area contributed by atoms with Gasteiger partial charge in [0, 0.05) is 11.8 Å². The number of ether oxygens (including phenoxy) is 1. The number of hydrogen-bond donors (Lipinski definition) is 0. The second kappa shape index (κ2) is 8.57. The van der Waals surface area contributed by atoms with E-state index < -0.39 is 0 Å². The lowest BCUT2D eigenvalue weighted by atomic mass is 10.3. The molecule has 0 radical (unpaired) electrons. The number of carbonyl (C=O) groups is 1. The van der Waals surface area contributed by atoms with Crippen LogP contribution in [0.25, 0.3) is 0 Å². The average Bonchev–Trinajstić information content (AvgIpc) is 2.10. The van der Waals surface area contributed by atoms with E-state index in [2.05, 4.69) is 26.4 Å². The molecule has 68 valence electrons. The predicted molar refractivity (Wildman–Crippen MR) is 52.3 cm³/mol. The Hall–Kier alpha value is -0.530. The Labute approximate surface area is 81.4 Å². The van der Waals surface area contributed by atoms with Gasteiger partial charge in [0.2, 0.25) is 0 Å². The Morgan fingerprint density at radius 1 is 1.50 bits per heavy atom. The van der Waals surface area contributed by atoms with Gasteiger partial charge in [-0.25, -0.2) is 0 Å². The zero-order valence-electron chi connectivity index (χ0n) is 7.18. The van der Waals surface area contributed by atoms with Crippen molar-refractivity contribution in [2.24, 2.45) is 0 Å². The molecule has 0 aromatic rings. The third-order valence-corrected chi connectivity index (χ3v) is 1.67. The molecule has 3 heteroatoms. The number of hydrogen-bond acceptors (Lipinski definition) is 2. The van der Waals surface area contributed by atoms with Crippen molar-refractivity contribution in [1.29, 1.82) is 0 Å². The fraction of sp³-hybridized carbons (Fsp3) is 0.556. The number of alkyl halides is 1. The summed E-state index contributed by atoms with van der Waals surface area (Å²) in [7, 11) is 1.40. The highest BCUT2D eigenvalue weighted by Gasteiger charge is 1.94. The number of methoxy groups -OCH3 is 1. The van der Waals surface area contributed by atoms with Gasteiger partial charge in [0.05, 0.1) is 7.11 Å². The Morgan fingerprint density at radius 2 is 2.17 bits per heavy atom. The normalized spacial score (nSPS) is 8.50. The summed E-state index contributed by atoms with van der Waals surface area (Å²) < 4.78 is 4.47. The zero-order valence-corrected chi connectivity index (χ0v) is 8.76. The second-order valence-corrected chi connectivity index (χ2v) is 2.96. The van der Waals surface area contributed by atoms with Crippen LogP contribution in [0.3, 0.4) is 0 Å². The molecule has 0 aromatic heterocycles. The molecule has 0 spiro atoms. The molecule has 0 unspecified atom stereocenters. The summed E-state index contributed by atoms with van der Waals surface area (Å²) in [6.45, 7) is 0. The fourth-order valence-corrected chi connectivity index (χ4v) is 0.826. The Morgan fingerprint density at radius 3 is 2.75 bits per heavy atom. The van der Waals surface area contributed by atoms with Crippen LogP contribution < -0.4 is 0 Å². The third-order valence-electron chi connectivity index (χ3n) is 1.21. The lowest BCUT2D eigenvalue weighted by Gasteiger charge is -1.92. The van der Waals surface area contributed by atoms with Crippen molar-refractivity contribution in [2.75, 3.05) is 12.4 Å². The molecule has 0 heterocycles. The van der Waals surface area contributed by atoms with Crippen molar-refractivity contribution < 1.29 is 9.53 Å². The lowest BCUT2D eigenvalue weighted by Crippen LogP contribution is -1.97. The van der Waals surface area contributed by atoms with Crippen LogP contribution in [0.4, 0.5) is 0 Å². The number of halogens is 1. The maximum absolute atomic E-state index is 10.6. The van der Waals surface area contributed by atoms with Crippen LogP contribution in [0.5, 0.6) is 0 Å². The molecule has 2 nitrogen and oxygen atoms in total. The first-order chi connectivity index (χ1) is 5.81.